The van der Waals surface area contributed by atoms with Crippen molar-refractivity contribution in [2.24, 2.45) is 0 Å². The average Bonchev–Trinajstić information content (AvgIpc) is 3.03. The zero-order valence-electron chi connectivity index (χ0n) is 17.4. The molecule has 0 bridgehead atoms. The number of fused-ring (bicyclic) bond motifs is 1. The Morgan fingerprint density at radius 2 is 1.93 bits per heavy atom. The van der Waals surface area contributed by atoms with Gasteiger partial charge in [-0.15, -0.1) is 0 Å². The highest BCUT2D eigenvalue weighted by molar-refractivity contribution is 7.89. The number of likely N-dealkylation sites (N-methyl/N-ethyl adjacent to an activating group) is 1. The highest BCUT2D eigenvalue weighted by atomic mass is 32.2. The fourth-order valence-electron chi connectivity index (χ4n) is 3.65. The molecule has 1 N–H and O–H groups in total. The van der Waals surface area contributed by atoms with Gasteiger partial charge in [-0.1, -0.05) is 12.1 Å². The van der Waals surface area contributed by atoms with Crippen molar-refractivity contribution >= 4 is 33.2 Å². The molecule has 0 fully saturated rings. The molecule has 0 radical (unpaired) electrons. The molecule has 3 rings (SSSR count). The van der Waals surface area contributed by atoms with Crippen LogP contribution in [0.3, 0.4) is 0 Å². The van der Waals surface area contributed by atoms with Gasteiger partial charge in [0.15, 0.2) is 0 Å². The van der Waals surface area contributed by atoms with Gasteiger partial charge in [0.1, 0.15) is 5.75 Å². The van der Waals surface area contributed by atoms with E-state index in [-0.39, 0.29) is 23.4 Å². The Bertz CT molecular complexity index is 1080. The molecule has 1 heterocycles. The molecule has 2 aromatic carbocycles. The van der Waals surface area contributed by atoms with Crippen LogP contribution in [-0.4, -0.2) is 51.3 Å². The van der Waals surface area contributed by atoms with E-state index in [9.17, 15) is 18.0 Å². The Labute approximate surface area is 176 Å². The molecule has 0 aromatic heterocycles. The van der Waals surface area contributed by atoms with E-state index < -0.39 is 15.9 Å². The summed E-state index contributed by atoms with van der Waals surface area (Å²) in [7, 11) is -1.04. The number of para-hydroxylation sites is 2. The van der Waals surface area contributed by atoms with Crippen molar-refractivity contribution in [2.45, 2.75) is 31.2 Å². The number of anilines is 2. The molecule has 2 aromatic rings. The lowest BCUT2D eigenvalue weighted by molar-refractivity contribution is -0.117. The van der Waals surface area contributed by atoms with E-state index in [4.69, 9.17) is 4.74 Å². The first-order chi connectivity index (χ1) is 14.1. The Morgan fingerprint density at radius 1 is 1.23 bits per heavy atom. The molecule has 1 atom stereocenters. The van der Waals surface area contributed by atoms with E-state index in [0.29, 0.717) is 17.9 Å². The molecule has 0 saturated heterocycles. The van der Waals surface area contributed by atoms with Crippen molar-refractivity contribution in [1.82, 2.24) is 4.31 Å². The normalized spacial score (nSPS) is 15.8. The third-order valence-electron chi connectivity index (χ3n) is 5.06. The number of ether oxygens (including phenoxy) is 1. The molecule has 8 nitrogen and oxygen atoms in total. The monoisotopic (exact) mass is 431 g/mol. The van der Waals surface area contributed by atoms with Crippen molar-refractivity contribution in [1.29, 1.82) is 0 Å². The van der Waals surface area contributed by atoms with Crippen LogP contribution in [-0.2, 0) is 26.0 Å². The summed E-state index contributed by atoms with van der Waals surface area (Å²) in [5.41, 5.74) is 1.99. The number of nitrogens with one attached hydrogen (secondary N) is 1. The molecule has 1 unspecified atom stereocenters. The third kappa shape index (κ3) is 4.17. The molecule has 0 aliphatic carbocycles. The lowest BCUT2D eigenvalue weighted by atomic mass is 10.1. The summed E-state index contributed by atoms with van der Waals surface area (Å²) in [6.07, 6.45) is 0.580. The van der Waals surface area contributed by atoms with Crippen LogP contribution in [0, 0.1) is 0 Å². The van der Waals surface area contributed by atoms with Crippen LogP contribution >= 0.6 is 0 Å². The number of methoxy groups -OCH3 is 1. The van der Waals surface area contributed by atoms with Crippen LogP contribution in [0.15, 0.2) is 47.4 Å². The molecule has 0 spiro atoms. The predicted octanol–water partition coefficient (Wildman–Crippen LogP) is 2.25. The molecule has 160 valence electrons. The topological polar surface area (TPSA) is 96.0 Å². The predicted molar refractivity (Wildman–Crippen MR) is 114 cm³/mol. The number of sulfonamides is 1. The zero-order chi connectivity index (χ0) is 22.1. The lowest BCUT2D eigenvalue weighted by Crippen LogP contribution is -2.35. The summed E-state index contributed by atoms with van der Waals surface area (Å²) >= 11 is 0. The summed E-state index contributed by atoms with van der Waals surface area (Å²) in [4.78, 5) is 26.0. The average molecular weight is 432 g/mol. The van der Waals surface area contributed by atoms with Gasteiger partial charge in [0, 0.05) is 25.7 Å². The largest absolute Gasteiger partial charge is 0.495 e. The summed E-state index contributed by atoms with van der Waals surface area (Å²) in [6.45, 7) is 3.06. The lowest BCUT2D eigenvalue weighted by Gasteiger charge is -2.21. The summed E-state index contributed by atoms with van der Waals surface area (Å²) in [5, 5.41) is 2.67. The zero-order valence-corrected chi connectivity index (χ0v) is 18.2. The highest BCUT2D eigenvalue weighted by Crippen LogP contribution is 2.34. The third-order valence-corrected chi connectivity index (χ3v) is 6.86. The second-order valence-electron chi connectivity index (χ2n) is 7.24. The van der Waals surface area contributed by atoms with Crippen LogP contribution in [0.1, 0.15) is 19.4 Å². The summed E-state index contributed by atoms with van der Waals surface area (Å²) in [5.74, 6) is -0.0794. The van der Waals surface area contributed by atoms with Gasteiger partial charge >= 0.3 is 0 Å². The van der Waals surface area contributed by atoms with Crippen LogP contribution < -0.4 is 15.0 Å². The fraction of sp³-hybridized carbons (Fsp3) is 0.333. The van der Waals surface area contributed by atoms with Crippen molar-refractivity contribution < 1.29 is 22.7 Å². The van der Waals surface area contributed by atoms with Crippen molar-refractivity contribution in [3.63, 3.8) is 0 Å². The second kappa shape index (κ2) is 8.45. The minimum atomic E-state index is -3.88. The highest BCUT2D eigenvalue weighted by Gasteiger charge is 2.31. The van der Waals surface area contributed by atoms with E-state index in [1.54, 1.807) is 41.3 Å². The van der Waals surface area contributed by atoms with E-state index in [2.05, 4.69) is 5.32 Å². The Morgan fingerprint density at radius 3 is 2.60 bits per heavy atom. The van der Waals surface area contributed by atoms with Crippen LogP contribution in [0.5, 0.6) is 5.75 Å². The molecule has 1 aliphatic rings. The minimum Gasteiger partial charge on any atom is -0.495 e. The Balaban J connectivity index is 1.76. The van der Waals surface area contributed by atoms with Gasteiger partial charge in [-0.25, -0.2) is 8.42 Å². The SMILES string of the molecule is COc1ccccc1NC(=O)CN(C)S(=O)(=O)c1ccc2c(c1)CC(C)N2C(C)=O. The fourth-order valence-corrected chi connectivity index (χ4v) is 4.83. The van der Waals surface area contributed by atoms with Crippen LogP contribution in [0.2, 0.25) is 0 Å². The number of amides is 2. The number of hydrogen-bond acceptors (Lipinski definition) is 5. The van der Waals surface area contributed by atoms with Gasteiger partial charge in [-0.3, -0.25) is 9.59 Å². The summed E-state index contributed by atoms with van der Waals surface area (Å²) in [6, 6.07) is 11.6. The van der Waals surface area contributed by atoms with Gasteiger partial charge < -0.3 is 15.0 Å². The molecule has 0 saturated carbocycles. The molecular formula is C21H25N3O5S. The van der Waals surface area contributed by atoms with Crippen LogP contribution in [0.25, 0.3) is 0 Å². The standard InChI is InChI=1S/C21H25N3O5S/c1-14-11-16-12-17(9-10-19(16)24(14)15(2)25)30(27,28)23(3)13-21(26)22-18-7-5-6-8-20(18)29-4/h5-10,12,14H,11,13H2,1-4H3,(H,22,26). The number of rotatable bonds is 6. The van der Waals surface area contributed by atoms with Crippen molar-refractivity contribution in [3.8, 4) is 5.75 Å². The first kappa shape index (κ1) is 21.8. The molecule has 9 heteroatoms. The minimum absolute atomic E-state index is 0.0279. The van der Waals surface area contributed by atoms with E-state index in [0.717, 1.165) is 15.6 Å². The number of benzene rings is 2. The molecule has 30 heavy (non-hydrogen) atoms. The van der Waals surface area contributed by atoms with E-state index in [1.165, 1.54) is 27.1 Å². The van der Waals surface area contributed by atoms with Gasteiger partial charge in [0.05, 0.1) is 24.2 Å². The van der Waals surface area contributed by atoms with Gasteiger partial charge in [-0.05, 0) is 49.2 Å². The number of hydrogen-bond donors (Lipinski definition) is 1. The number of carbonyl (C=O) groups is 2. The maximum absolute atomic E-state index is 13.0. The Hall–Kier alpha value is -2.91. The van der Waals surface area contributed by atoms with Gasteiger partial charge in [0.2, 0.25) is 21.8 Å². The number of nitrogens with zero attached hydrogens (tertiary/aromatic N) is 2. The summed E-state index contributed by atoms with van der Waals surface area (Å²) < 4.78 is 32.2. The van der Waals surface area contributed by atoms with E-state index >= 15 is 0 Å². The molecule has 2 amide bonds. The Kier molecular flexibility index (Phi) is 6.14. The first-order valence-corrected chi connectivity index (χ1v) is 10.9. The first-order valence-electron chi connectivity index (χ1n) is 9.47. The quantitative estimate of drug-likeness (QED) is 0.757. The van der Waals surface area contributed by atoms with E-state index in [1.807, 2.05) is 6.92 Å². The molecule has 1 aliphatic heterocycles. The van der Waals surface area contributed by atoms with Crippen LogP contribution in [0.4, 0.5) is 11.4 Å². The maximum Gasteiger partial charge on any atom is 0.243 e. The van der Waals surface area contributed by atoms with Crippen molar-refractivity contribution in [3.05, 3.63) is 48.0 Å². The second-order valence-corrected chi connectivity index (χ2v) is 9.29. The van der Waals surface area contributed by atoms with Gasteiger partial charge in [-0.2, -0.15) is 4.31 Å². The van der Waals surface area contributed by atoms with Gasteiger partial charge in [0.25, 0.3) is 0 Å². The maximum atomic E-state index is 13.0. The van der Waals surface area contributed by atoms with Crippen molar-refractivity contribution in [2.75, 3.05) is 30.9 Å². The molecular weight excluding hydrogens is 406 g/mol. The smallest absolute Gasteiger partial charge is 0.243 e. The number of carbonyl (C=O) groups excluding carboxylic acids is 2.